The minimum absolute atomic E-state index is 0.0183. The number of nitrogens with one attached hydrogen (secondary N) is 1. The van der Waals surface area contributed by atoms with Crippen LogP contribution in [0.3, 0.4) is 0 Å². The molecule has 5 rings (SSSR count). The topological polar surface area (TPSA) is 112 Å². The van der Waals surface area contributed by atoms with Crippen molar-refractivity contribution in [3.8, 4) is 0 Å². The fraction of sp³-hybridized carbons (Fsp3) is 0.708. The highest BCUT2D eigenvalue weighted by atomic mass is 32.2. The Morgan fingerprint density at radius 1 is 1.14 bits per heavy atom. The van der Waals surface area contributed by atoms with Gasteiger partial charge in [0.2, 0.25) is 15.9 Å². The van der Waals surface area contributed by atoms with Crippen LogP contribution in [0.25, 0.3) is 11.0 Å². The Bertz CT molecular complexity index is 1120. The van der Waals surface area contributed by atoms with Gasteiger partial charge in [0.05, 0.1) is 17.2 Å². The molecule has 0 spiro atoms. The zero-order valence-electron chi connectivity index (χ0n) is 20.4. The van der Waals surface area contributed by atoms with Crippen molar-refractivity contribution in [3.05, 3.63) is 18.6 Å². The summed E-state index contributed by atoms with van der Waals surface area (Å²) in [5.41, 5.74) is 0.829. The van der Waals surface area contributed by atoms with Crippen molar-refractivity contribution >= 4 is 32.8 Å². The summed E-state index contributed by atoms with van der Waals surface area (Å²) < 4.78 is 33.6. The SMILES string of the molecule is CN(c1ncnc2[nH]ccc12)[C@H]1CC[C@H](CS(=O)(=O)N2CCC(OCC(=O)N3CCCC3)C2)CC1. The van der Waals surface area contributed by atoms with Crippen LogP contribution in [-0.4, -0.2) is 96.2 Å². The molecular formula is C24H36N6O4S. The largest absolute Gasteiger partial charge is 0.367 e. The maximum atomic E-state index is 13.1. The third-order valence-corrected chi connectivity index (χ3v) is 9.89. The van der Waals surface area contributed by atoms with E-state index in [9.17, 15) is 13.2 Å². The molecule has 1 aliphatic carbocycles. The maximum Gasteiger partial charge on any atom is 0.248 e. The first-order chi connectivity index (χ1) is 16.9. The molecule has 3 aliphatic rings. The van der Waals surface area contributed by atoms with Crippen LogP contribution >= 0.6 is 0 Å². The average Bonchev–Trinajstić information content (AvgIpc) is 3.63. The second-order valence-corrected chi connectivity index (χ2v) is 12.2. The number of hydrogen-bond donors (Lipinski definition) is 1. The first-order valence-electron chi connectivity index (χ1n) is 12.8. The number of fused-ring (bicyclic) bond motifs is 1. The van der Waals surface area contributed by atoms with Crippen LogP contribution in [0.5, 0.6) is 0 Å². The molecule has 2 aromatic rings. The van der Waals surface area contributed by atoms with Crippen molar-refractivity contribution in [1.82, 2.24) is 24.2 Å². The number of aromatic nitrogens is 3. The standard InChI is InChI=1S/C24H36N6O4S/c1-28(24-21-8-10-25-23(21)26-17-27-24)19-6-4-18(5-7-19)16-35(32,33)30-13-9-20(14-30)34-15-22(31)29-11-2-3-12-29/h8,10,17-20H,2-7,9,11-16H2,1H3,(H,25,26,27)/t18-,19-,20?. The molecule has 0 aromatic carbocycles. The third-order valence-electron chi connectivity index (χ3n) is 7.88. The molecule has 11 heteroatoms. The molecule has 35 heavy (non-hydrogen) atoms. The molecule has 3 fully saturated rings. The maximum absolute atomic E-state index is 13.1. The molecule has 1 N–H and O–H groups in total. The second kappa shape index (κ2) is 10.4. The van der Waals surface area contributed by atoms with Gasteiger partial charge in [-0.15, -0.1) is 0 Å². The number of likely N-dealkylation sites (tertiary alicyclic amines) is 1. The number of nitrogens with zero attached hydrogens (tertiary/aromatic N) is 5. The summed E-state index contributed by atoms with van der Waals surface area (Å²) in [5.74, 6) is 1.29. The van der Waals surface area contributed by atoms with Crippen LogP contribution in [0.4, 0.5) is 5.82 Å². The summed E-state index contributed by atoms with van der Waals surface area (Å²) in [5, 5.41) is 1.01. The number of aromatic amines is 1. The van der Waals surface area contributed by atoms with Crippen molar-refractivity contribution < 1.29 is 17.9 Å². The number of H-pyrrole nitrogens is 1. The zero-order valence-corrected chi connectivity index (χ0v) is 21.3. The fourth-order valence-electron chi connectivity index (χ4n) is 5.75. The fourth-order valence-corrected chi connectivity index (χ4v) is 7.66. The smallest absolute Gasteiger partial charge is 0.248 e. The summed E-state index contributed by atoms with van der Waals surface area (Å²) in [6, 6.07) is 2.33. The van der Waals surface area contributed by atoms with Gasteiger partial charge in [-0.3, -0.25) is 4.79 Å². The third kappa shape index (κ3) is 5.46. The number of amides is 1. The van der Waals surface area contributed by atoms with Gasteiger partial charge in [0.15, 0.2) is 0 Å². The Morgan fingerprint density at radius 2 is 1.91 bits per heavy atom. The average molecular weight is 505 g/mol. The normalized spacial score (nSPS) is 26.0. The molecule has 4 heterocycles. The molecule has 192 valence electrons. The Morgan fingerprint density at radius 3 is 2.69 bits per heavy atom. The van der Waals surface area contributed by atoms with Gasteiger partial charge in [0, 0.05) is 45.5 Å². The Labute approximate surface area is 207 Å². The van der Waals surface area contributed by atoms with Crippen LogP contribution < -0.4 is 4.90 Å². The number of sulfonamides is 1. The Hall–Kier alpha value is -2.24. The molecule has 1 amide bonds. The minimum atomic E-state index is -3.34. The quantitative estimate of drug-likeness (QED) is 0.585. The van der Waals surface area contributed by atoms with Gasteiger partial charge in [0.1, 0.15) is 24.4 Å². The number of carbonyl (C=O) groups is 1. The molecule has 2 aliphatic heterocycles. The molecule has 0 radical (unpaired) electrons. The molecular weight excluding hydrogens is 468 g/mol. The first kappa shape index (κ1) is 24.5. The number of rotatable bonds is 8. The highest BCUT2D eigenvalue weighted by Crippen LogP contribution is 2.33. The van der Waals surface area contributed by atoms with Gasteiger partial charge in [-0.1, -0.05) is 0 Å². The lowest BCUT2D eigenvalue weighted by Gasteiger charge is -2.35. The van der Waals surface area contributed by atoms with Gasteiger partial charge in [-0.05, 0) is 56.9 Å². The van der Waals surface area contributed by atoms with Crippen LogP contribution in [0.15, 0.2) is 18.6 Å². The summed E-state index contributed by atoms with van der Waals surface area (Å²) in [7, 11) is -1.27. The number of ether oxygens (including phenoxy) is 1. The minimum Gasteiger partial charge on any atom is -0.367 e. The highest BCUT2D eigenvalue weighted by Gasteiger charge is 2.35. The monoisotopic (exact) mass is 504 g/mol. The first-order valence-corrected chi connectivity index (χ1v) is 14.4. The van der Waals surface area contributed by atoms with E-state index in [1.165, 1.54) is 0 Å². The van der Waals surface area contributed by atoms with E-state index in [1.54, 1.807) is 10.6 Å². The second-order valence-electron chi connectivity index (χ2n) is 10.2. The van der Waals surface area contributed by atoms with Gasteiger partial charge >= 0.3 is 0 Å². The van der Waals surface area contributed by atoms with Gasteiger partial charge in [0.25, 0.3) is 0 Å². The highest BCUT2D eigenvalue weighted by molar-refractivity contribution is 7.89. The molecule has 10 nitrogen and oxygen atoms in total. The number of hydrogen-bond acceptors (Lipinski definition) is 7. The van der Waals surface area contributed by atoms with Crippen LogP contribution in [0, 0.1) is 5.92 Å². The van der Waals surface area contributed by atoms with E-state index in [4.69, 9.17) is 4.74 Å². The Balaban J connectivity index is 1.09. The van der Waals surface area contributed by atoms with Crippen LogP contribution in [0.1, 0.15) is 44.9 Å². The lowest BCUT2D eigenvalue weighted by molar-refractivity contribution is -0.136. The van der Waals surface area contributed by atoms with Crippen LogP contribution in [-0.2, 0) is 19.6 Å². The van der Waals surface area contributed by atoms with Gasteiger partial charge < -0.3 is 19.5 Å². The van der Waals surface area contributed by atoms with Crippen LogP contribution in [0.2, 0.25) is 0 Å². The number of carbonyl (C=O) groups excluding carboxylic acids is 1. The van der Waals surface area contributed by atoms with Gasteiger partial charge in [-0.25, -0.2) is 18.4 Å². The lowest BCUT2D eigenvalue weighted by Crippen LogP contribution is -2.39. The van der Waals surface area contributed by atoms with Crippen molar-refractivity contribution in [2.45, 2.75) is 57.1 Å². The molecule has 0 bridgehead atoms. The van der Waals surface area contributed by atoms with E-state index >= 15 is 0 Å². The summed E-state index contributed by atoms with van der Waals surface area (Å²) in [4.78, 5) is 28.2. The summed E-state index contributed by atoms with van der Waals surface area (Å²) in [6.45, 7) is 2.50. The van der Waals surface area contributed by atoms with E-state index in [0.717, 1.165) is 68.5 Å². The molecule has 1 unspecified atom stereocenters. The molecule has 2 saturated heterocycles. The van der Waals surface area contributed by atoms with Crippen molar-refractivity contribution in [2.24, 2.45) is 5.92 Å². The lowest BCUT2D eigenvalue weighted by atomic mass is 9.86. The van der Waals surface area contributed by atoms with E-state index in [-0.39, 0.29) is 30.3 Å². The predicted octanol–water partition coefficient (Wildman–Crippen LogP) is 2.00. The zero-order chi connectivity index (χ0) is 24.4. The molecule has 2 aromatic heterocycles. The van der Waals surface area contributed by atoms with E-state index < -0.39 is 10.0 Å². The van der Waals surface area contributed by atoms with Crippen molar-refractivity contribution in [3.63, 3.8) is 0 Å². The predicted molar refractivity (Wildman–Crippen MR) is 134 cm³/mol. The van der Waals surface area contributed by atoms with Crippen molar-refractivity contribution in [1.29, 1.82) is 0 Å². The van der Waals surface area contributed by atoms with Gasteiger partial charge in [-0.2, -0.15) is 4.31 Å². The van der Waals surface area contributed by atoms with E-state index in [1.807, 2.05) is 17.2 Å². The summed E-state index contributed by atoms with van der Waals surface area (Å²) >= 11 is 0. The Kier molecular flexibility index (Phi) is 7.26. The molecule has 1 atom stereocenters. The number of anilines is 1. The van der Waals surface area contributed by atoms with E-state index in [2.05, 4.69) is 26.9 Å². The van der Waals surface area contributed by atoms with E-state index in [0.29, 0.717) is 25.6 Å². The summed E-state index contributed by atoms with van der Waals surface area (Å²) in [6.07, 6.45) is 9.66. The van der Waals surface area contributed by atoms with Crippen molar-refractivity contribution in [2.75, 3.05) is 50.5 Å². The molecule has 1 saturated carbocycles.